The maximum atomic E-state index is 11.6. The number of aryl methyl sites for hydroxylation is 1. The molecule has 1 aliphatic carbocycles. The fourth-order valence-electron chi connectivity index (χ4n) is 4.67. The van der Waals surface area contributed by atoms with E-state index in [2.05, 4.69) is 32.8 Å². The van der Waals surface area contributed by atoms with Crippen LogP contribution in [0, 0.1) is 18.8 Å². The number of ether oxygens (including phenoxy) is 2. The zero-order chi connectivity index (χ0) is 19.0. The summed E-state index contributed by atoms with van der Waals surface area (Å²) in [5, 5.41) is 11.6. The lowest BCUT2D eigenvalue weighted by Crippen LogP contribution is -2.35. The van der Waals surface area contributed by atoms with E-state index in [0.717, 1.165) is 26.1 Å². The van der Waals surface area contributed by atoms with Gasteiger partial charge in [-0.05, 0) is 42.9 Å². The molecule has 7 heteroatoms. The third-order valence-corrected chi connectivity index (χ3v) is 6.13. The number of rotatable bonds is 5. The molecule has 0 bridgehead atoms. The highest BCUT2D eigenvalue weighted by atomic mass is 16.5. The van der Waals surface area contributed by atoms with Gasteiger partial charge in [0, 0.05) is 44.1 Å². The largest absolute Gasteiger partial charge is 0.481 e. The Morgan fingerprint density at radius 1 is 1.26 bits per heavy atom. The van der Waals surface area contributed by atoms with E-state index in [0.29, 0.717) is 23.8 Å². The Kier molecular flexibility index (Phi) is 4.74. The van der Waals surface area contributed by atoms with Crippen LogP contribution in [0.15, 0.2) is 24.7 Å². The van der Waals surface area contributed by atoms with Crippen LogP contribution < -0.4 is 9.47 Å². The zero-order valence-electron chi connectivity index (χ0n) is 16.1. The number of hydrogen-bond acceptors (Lipinski definition) is 7. The van der Waals surface area contributed by atoms with Crippen molar-refractivity contribution in [1.29, 1.82) is 0 Å². The number of likely N-dealkylation sites (tertiary alicyclic amines) is 1. The summed E-state index contributed by atoms with van der Waals surface area (Å²) in [7, 11) is 3.08. The Morgan fingerprint density at radius 3 is 2.85 bits per heavy atom. The normalized spacial score (nSPS) is 27.6. The molecule has 27 heavy (non-hydrogen) atoms. The van der Waals surface area contributed by atoms with E-state index in [1.165, 1.54) is 18.2 Å². The fraction of sp³-hybridized carbons (Fsp3) is 0.550. The molecule has 0 aromatic carbocycles. The van der Waals surface area contributed by atoms with Gasteiger partial charge in [-0.15, -0.1) is 0 Å². The molecule has 4 rings (SSSR count). The highest BCUT2D eigenvalue weighted by Crippen LogP contribution is 2.52. The Balaban J connectivity index is 1.57. The lowest BCUT2D eigenvalue weighted by Gasteiger charge is -2.31. The molecule has 0 radical (unpaired) electrons. The summed E-state index contributed by atoms with van der Waals surface area (Å²) in [5.74, 6) is 1.00. The van der Waals surface area contributed by atoms with E-state index < -0.39 is 5.60 Å². The molecule has 144 valence electrons. The van der Waals surface area contributed by atoms with Gasteiger partial charge in [-0.2, -0.15) is 4.98 Å². The van der Waals surface area contributed by atoms with Crippen LogP contribution in [-0.2, 0) is 12.1 Å². The molecule has 3 heterocycles. The van der Waals surface area contributed by atoms with Crippen molar-refractivity contribution in [2.75, 3.05) is 27.3 Å². The standard InChI is InChI=1S/C20H26N4O3/c1-13-8-21-7-5-14(13)10-24-11-15-4-6-20(25,17(15)12-24)16-9-22-19(27-3)23-18(16)26-2/h5,7-9,15,17,25H,4,6,10-12H2,1-3H3. The number of nitrogens with zero attached hydrogens (tertiary/aromatic N) is 4. The monoisotopic (exact) mass is 370 g/mol. The summed E-state index contributed by atoms with van der Waals surface area (Å²) in [6, 6.07) is 2.32. The Labute approximate surface area is 159 Å². The van der Waals surface area contributed by atoms with Crippen LogP contribution in [0.4, 0.5) is 0 Å². The second-order valence-electron chi connectivity index (χ2n) is 7.61. The van der Waals surface area contributed by atoms with E-state index in [1.54, 1.807) is 13.3 Å². The number of methoxy groups -OCH3 is 2. The van der Waals surface area contributed by atoms with Gasteiger partial charge in [0.05, 0.1) is 19.8 Å². The van der Waals surface area contributed by atoms with E-state index in [9.17, 15) is 5.11 Å². The molecule has 7 nitrogen and oxygen atoms in total. The van der Waals surface area contributed by atoms with Crippen molar-refractivity contribution in [3.05, 3.63) is 41.3 Å². The molecule has 1 aliphatic heterocycles. The molecule has 2 fully saturated rings. The van der Waals surface area contributed by atoms with Crippen molar-refractivity contribution in [1.82, 2.24) is 19.9 Å². The van der Waals surface area contributed by atoms with Gasteiger partial charge >= 0.3 is 6.01 Å². The first kappa shape index (κ1) is 18.1. The molecule has 1 N–H and O–H groups in total. The first-order chi connectivity index (χ1) is 13.0. The van der Waals surface area contributed by atoms with Gasteiger partial charge < -0.3 is 14.6 Å². The van der Waals surface area contributed by atoms with Crippen molar-refractivity contribution >= 4 is 0 Å². The van der Waals surface area contributed by atoms with Crippen LogP contribution in [-0.4, -0.2) is 52.3 Å². The maximum absolute atomic E-state index is 11.6. The van der Waals surface area contributed by atoms with E-state index >= 15 is 0 Å². The van der Waals surface area contributed by atoms with Crippen LogP contribution in [0.3, 0.4) is 0 Å². The summed E-state index contributed by atoms with van der Waals surface area (Å²) < 4.78 is 10.5. The molecule has 1 saturated carbocycles. The van der Waals surface area contributed by atoms with Gasteiger partial charge in [0.25, 0.3) is 0 Å². The zero-order valence-corrected chi connectivity index (χ0v) is 16.1. The maximum Gasteiger partial charge on any atom is 0.319 e. The van der Waals surface area contributed by atoms with Crippen LogP contribution in [0.1, 0.15) is 29.5 Å². The topological polar surface area (TPSA) is 80.6 Å². The van der Waals surface area contributed by atoms with E-state index in [-0.39, 0.29) is 11.9 Å². The van der Waals surface area contributed by atoms with Crippen molar-refractivity contribution in [2.45, 2.75) is 31.9 Å². The minimum Gasteiger partial charge on any atom is -0.481 e. The van der Waals surface area contributed by atoms with Gasteiger partial charge in [0.1, 0.15) is 5.60 Å². The number of fused-ring (bicyclic) bond motifs is 1. The predicted molar refractivity (Wildman–Crippen MR) is 99.5 cm³/mol. The lowest BCUT2D eigenvalue weighted by atomic mass is 9.83. The summed E-state index contributed by atoms with van der Waals surface area (Å²) in [5.41, 5.74) is 2.19. The number of pyridine rings is 1. The van der Waals surface area contributed by atoms with Crippen molar-refractivity contribution < 1.29 is 14.6 Å². The Bertz CT molecular complexity index is 831. The second kappa shape index (κ2) is 7.05. The average Bonchev–Trinajstić information content (AvgIpc) is 3.23. The van der Waals surface area contributed by atoms with Crippen LogP contribution in [0.2, 0.25) is 0 Å². The SMILES string of the molecule is COc1ncc(C2(O)CCC3CN(Cc4ccncc4C)CC32)c(OC)n1. The summed E-state index contributed by atoms with van der Waals surface area (Å²) >= 11 is 0. The first-order valence-corrected chi connectivity index (χ1v) is 9.35. The van der Waals surface area contributed by atoms with Crippen molar-refractivity contribution in [3.8, 4) is 11.9 Å². The van der Waals surface area contributed by atoms with E-state index in [1.807, 2.05) is 12.4 Å². The molecular formula is C20H26N4O3. The van der Waals surface area contributed by atoms with Gasteiger partial charge in [-0.25, -0.2) is 4.98 Å². The Hall–Kier alpha value is -2.25. The van der Waals surface area contributed by atoms with Crippen molar-refractivity contribution in [2.24, 2.45) is 11.8 Å². The quantitative estimate of drug-likeness (QED) is 0.861. The summed E-state index contributed by atoms with van der Waals surface area (Å²) in [6.45, 7) is 4.81. The van der Waals surface area contributed by atoms with Gasteiger partial charge in [-0.1, -0.05) is 0 Å². The molecular weight excluding hydrogens is 344 g/mol. The van der Waals surface area contributed by atoms with Crippen LogP contribution in [0.5, 0.6) is 11.9 Å². The smallest absolute Gasteiger partial charge is 0.319 e. The number of aromatic nitrogens is 3. The van der Waals surface area contributed by atoms with Crippen molar-refractivity contribution in [3.63, 3.8) is 0 Å². The number of aliphatic hydroxyl groups is 1. The van der Waals surface area contributed by atoms with Crippen LogP contribution >= 0.6 is 0 Å². The highest BCUT2D eigenvalue weighted by Gasteiger charge is 2.53. The third kappa shape index (κ3) is 3.15. The van der Waals surface area contributed by atoms with Crippen LogP contribution in [0.25, 0.3) is 0 Å². The van der Waals surface area contributed by atoms with Gasteiger partial charge in [0.2, 0.25) is 5.88 Å². The summed E-state index contributed by atoms with van der Waals surface area (Å²) in [6.07, 6.45) is 7.10. The summed E-state index contributed by atoms with van der Waals surface area (Å²) in [4.78, 5) is 15.1. The highest BCUT2D eigenvalue weighted by molar-refractivity contribution is 5.34. The fourth-order valence-corrected chi connectivity index (χ4v) is 4.67. The predicted octanol–water partition coefficient (Wildman–Crippen LogP) is 1.93. The molecule has 0 spiro atoms. The molecule has 3 unspecified atom stereocenters. The minimum atomic E-state index is -0.968. The van der Waals surface area contributed by atoms with Gasteiger partial charge in [0.15, 0.2) is 0 Å². The molecule has 2 aliphatic rings. The minimum absolute atomic E-state index is 0.144. The average molecular weight is 370 g/mol. The third-order valence-electron chi connectivity index (χ3n) is 6.13. The van der Waals surface area contributed by atoms with E-state index in [4.69, 9.17) is 9.47 Å². The molecule has 3 atom stereocenters. The lowest BCUT2D eigenvalue weighted by molar-refractivity contribution is -0.00972. The first-order valence-electron chi connectivity index (χ1n) is 9.35. The molecule has 2 aromatic rings. The number of hydrogen-bond donors (Lipinski definition) is 1. The Morgan fingerprint density at radius 2 is 2.11 bits per heavy atom. The van der Waals surface area contributed by atoms with Gasteiger partial charge in [-0.3, -0.25) is 9.88 Å². The molecule has 0 amide bonds. The molecule has 2 aromatic heterocycles. The second-order valence-corrected chi connectivity index (χ2v) is 7.61. The molecule has 1 saturated heterocycles.